The molecule has 1 N–H and O–H groups in total. The Hall–Kier alpha value is -0.860. The van der Waals surface area contributed by atoms with E-state index in [0.717, 1.165) is 31.5 Å². The Balaban J connectivity index is 2.39. The van der Waals surface area contributed by atoms with Crippen molar-refractivity contribution >= 4 is 0 Å². The number of aryl methyl sites for hydroxylation is 1. The van der Waals surface area contributed by atoms with Crippen LogP contribution in [0.15, 0.2) is 24.3 Å². The van der Waals surface area contributed by atoms with E-state index in [1.54, 1.807) is 0 Å². The predicted octanol–water partition coefficient (Wildman–Crippen LogP) is 2.12. The molecule has 15 heavy (non-hydrogen) atoms. The van der Waals surface area contributed by atoms with Gasteiger partial charge in [0.25, 0.3) is 0 Å². The summed E-state index contributed by atoms with van der Waals surface area (Å²) in [5, 5.41) is 10.7. The van der Waals surface area contributed by atoms with E-state index in [1.807, 2.05) is 12.1 Å². The molecule has 82 valence electrons. The topological polar surface area (TPSA) is 23.5 Å². The van der Waals surface area contributed by atoms with Crippen molar-refractivity contribution in [3.05, 3.63) is 35.4 Å². The van der Waals surface area contributed by atoms with Crippen molar-refractivity contribution in [1.82, 2.24) is 4.90 Å². The maximum absolute atomic E-state index is 10.7. The summed E-state index contributed by atoms with van der Waals surface area (Å²) in [5.41, 5.74) is 1.68. The van der Waals surface area contributed by atoms with E-state index in [1.165, 1.54) is 5.56 Å². The summed E-state index contributed by atoms with van der Waals surface area (Å²) in [4.78, 5) is 2.14. The average molecular weight is 205 g/mol. The number of nitrogens with zero attached hydrogens (tertiary/aromatic N) is 1. The van der Waals surface area contributed by atoms with E-state index < -0.39 is 5.72 Å². The Labute approximate surface area is 91.5 Å². The number of fused-ring (bicyclic) bond motifs is 1. The van der Waals surface area contributed by atoms with Gasteiger partial charge in [-0.05, 0) is 31.5 Å². The highest BCUT2D eigenvalue weighted by molar-refractivity contribution is 5.36. The normalized spacial score (nSPS) is 24.5. The van der Waals surface area contributed by atoms with Gasteiger partial charge in [0.05, 0.1) is 0 Å². The molecule has 0 bridgehead atoms. The highest BCUT2D eigenvalue weighted by Crippen LogP contribution is 2.39. The van der Waals surface area contributed by atoms with Crippen LogP contribution in [0.1, 0.15) is 31.4 Å². The van der Waals surface area contributed by atoms with Crippen molar-refractivity contribution in [2.24, 2.45) is 0 Å². The molecule has 2 heteroatoms. The molecule has 2 nitrogen and oxygen atoms in total. The molecule has 1 aromatic rings. The van der Waals surface area contributed by atoms with Crippen LogP contribution in [0, 0.1) is 0 Å². The summed E-state index contributed by atoms with van der Waals surface area (Å²) >= 11 is 0. The van der Waals surface area contributed by atoms with Crippen molar-refractivity contribution in [1.29, 1.82) is 0 Å². The Morgan fingerprint density at radius 2 is 1.93 bits per heavy atom. The summed E-state index contributed by atoms with van der Waals surface area (Å²) in [7, 11) is 0. The highest BCUT2D eigenvalue weighted by atomic mass is 16.3. The van der Waals surface area contributed by atoms with Gasteiger partial charge >= 0.3 is 0 Å². The maximum Gasteiger partial charge on any atom is 0.145 e. The molecule has 0 heterocycles. The Morgan fingerprint density at radius 3 is 2.60 bits per heavy atom. The second kappa shape index (κ2) is 3.95. The third kappa shape index (κ3) is 1.58. The van der Waals surface area contributed by atoms with Crippen LogP contribution in [0.25, 0.3) is 0 Å². The molecule has 0 fully saturated rings. The predicted molar refractivity (Wildman–Crippen MR) is 61.6 cm³/mol. The lowest BCUT2D eigenvalue weighted by atomic mass is 10.0. The van der Waals surface area contributed by atoms with Crippen LogP contribution >= 0.6 is 0 Å². The molecule has 0 spiro atoms. The molecule has 0 aliphatic heterocycles. The summed E-state index contributed by atoms with van der Waals surface area (Å²) < 4.78 is 0. The van der Waals surface area contributed by atoms with Crippen LogP contribution in [-0.2, 0) is 12.1 Å². The van der Waals surface area contributed by atoms with Crippen LogP contribution in [0.4, 0.5) is 0 Å². The fourth-order valence-electron chi connectivity index (χ4n) is 2.65. The van der Waals surface area contributed by atoms with Crippen molar-refractivity contribution in [3.63, 3.8) is 0 Å². The van der Waals surface area contributed by atoms with E-state index in [0.29, 0.717) is 0 Å². The molecule has 0 aromatic heterocycles. The molecule has 1 unspecified atom stereocenters. The molecule has 1 atom stereocenters. The van der Waals surface area contributed by atoms with Gasteiger partial charge < -0.3 is 5.11 Å². The molecular formula is C13H19NO. The Bertz CT molecular complexity index is 346. The van der Waals surface area contributed by atoms with Crippen molar-refractivity contribution in [2.45, 2.75) is 32.4 Å². The molecule has 0 saturated carbocycles. The van der Waals surface area contributed by atoms with E-state index in [4.69, 9.17) is 0 Å². The zero-order chi connectivity index (χ0) is 10.9. The fourth-order valence-corrected chi connectivity index (χ4v) is 2.65. The van der Waals surface area contributed by atoms with Crippen molar-refractivity contribution in [3.8, 4) is 0 Å². The first-order valence-corrected chi connectivity index (χ1v) is 5.78. The standard InChI is InChI=1S/C13H19NO/c1-3-14(4-2)13(15)10-9-11-7-5-6-8-12(11)13/h5-8,15H,3-4,9-10H2,1-2H3. The lowest BCUT2D eigenvalue weighted by Crippen LogP contribution is -2.44. The van der Waals surface area contributed by atoms with Crippen LogP contribution in [0.2, 0.25) is 0 Å². The number of hydrogen-bond acceptors (Lipinski definition) is 2. The molecule has 1 aliphatic rings. The van der Waals surface area contributed by atoms with Crippen molar-refractivity contribution in [2.75, 3.05) is 13.1 Å². The van der Waals surface area contributed by atoms with Crippen molar-refractivity contribution < 1.29 is 5.11 Å². The first-order valence-electron chi connectivity index (χ1n) is 5.78. The maximum atomic E-state index is 10.7. The van der Waals surface area contributed by atoms with Gasteiger partial charge in [0.2, 0.25) is 0 Å². The van der Waals surface area contributed by atoms with Gasteiger partial charge in [-0.1, -0.05) is 38.1 Å². The first kappa shape index (κ1) is 10.7. The van der Waals surface area contributed by atoms with Crippen LogP contribution in [0.5, 0.6) is 0 Å². The molecule has 2 rings (SSSR count). The molecule has 0 saturated heterocycles. The minimum absolute atomic E-state index is 0.722. The summed E-state index contributed by atoms with van der Waals surface area (Å²) in [5.74, 6) is 0. The smallest absolute Gasteiger partial charge is 0.145 e. The fraction of sp³-hybridized carbons (Fsp3) is 0.538. The van der Waals surface area contributed by atoms with E-state index >= 15 is 0 Å². The molecular weight excluding hydrogens is 186 g/mol. The minimum atomic E-state index is -0.722. The van der Waals surface area contributed by atoms with Gasteiger partial charge in [-0.2, -0.15) is 0 Å². The van der Waals surface area contributed by atoms with Crippen LogP contribution in [-0.4, -0.2) is 23.1 Å². The number of benzene rings is 1. The van der Waals surface area contributed by atoms with E-state index in [-0.39, 0.29) is 0 Å². The van der Waals surface area contributed by atoms with Gasteiger partial charge in [-0.3, -0.25) is 4.90 Å². The molecule has 0 amide bonds. The number of rotatable bonds is 3. The summed E-state index contributed by atoms with van der Waals surface area (Å²) in [6.45, 7) is 5.98. The monoisotopic (exact) mass is 205 g/mol. The summed E-state index contributed by atoms with van der Waals surface area (Å²) in [6.07, 6.45) is 1.82. The quantitative estimate of drug-likeness (QED) is 0.764. The van der Waals surface area contributed by atoms with Gasteiger partial charge in [0, 0.05) is 5.56 Å². The van der Waals surface area contributed by atoms with Gasteiger partial charge in [-0.25, -0.2) is 0 Å². The molecule has 1 aromatic carbocycles. The van der Waals surface area contributed by atoms with Gasteiger partial charge in [0.1, 0.15) is 5.72 Å². The number of hydrogen-bond donors (Lipinski definition) is 1. The third-order valence-electron chi connectivity index (χ3n) is 3.48. The second-order valence-electron chi connectivity index (χ2n) is 4.15. The molecule has 1 aliphatic carbocycles. The molecule has 0 radical (unpaired) electrons. The lowest BCUT2D eigenvalue weighted by molar-refractivity contribution is -0.110. The average Bonchev–Trinajstić information content (AvgIpc) is 2.60. The first-order chi connectivity index (χ1) is 7.22. The summed E-state index contributed by atoms with van der Waals surface area (Å²) in [6, 6.07) is 8.24. The SMILES string of the molecule is CCN(CC)C1(O)CCc2ccccc21. The van der Waals surface area contributed by atoms with Gasteiger partial charge in [0.15, 0.2) is 0 Å². The van der Waals surface area contributed by atoms with Crippen LogP contribution in [0.3, 0.4) is 0 Å². The van der Waals surface area contributed by atoms with E-state index in [9.17, 15) is 5.11 Å². The Kier molecular flexibility index (Phi) is 2.81. The second-order valence-corrected chi connectivity index (χ2v) is 4.15. The van der Waals surface area contributed by atoms with Gasteiger partial charge in [-0.15, -0.1) is 0 Å². The number of aliphatic hydroxyl groups is 1. The zero-order valence-corrected chi connectivity index (χ0v) is 9.53. The third-order valence-corrected chi connectivity index (χ3v) is 3.48. The highest BCUT2D eigenvalue weighted by Gasteiger charge is 2.40. The largest absolute Gasteiger partial charge is 0.371 e. The minimum Gasteiger partial charge on any atom is -0.371 e. The Morgan fingerprint density at radius 1 is 1.27 bits per heavy atom. The zero-order valence-electron chi connectivity index (χ0n) is 9.53. The van der Waals surface area contributed by atoms with E-state index in [2.05, 4.69) is 30.9 Å². The van der Waals surface area contributed by atoms with Crippen LogP contribution < -0.4 is 0 Å². The lowest BCUT2D eigenvalue weighted by Gasteiger charge is -2.36.